The van der Waals surface area contributed by atoms with Crippen LogP contribution in [0.25, 0.3) is 0 Å². The number of benzene rings is 1. The number of nitrogens with zero attached hydrogens (tertiary/aromatic N) is 1. The van der Waals surface area contributed by atoms with E-state index < -0.39 is 0 Å². The molecular weight excluding hydrogens is 196 g/mol. The Morgan fingerprint density at radius 1 is 1.19 bits per heavy atom. The molecule has 86 valence electrons. The quantitative estimate of drug-likeness (QED) is 0.820. The molecule has 1 heterocycles. The van der Waals surface area contributed by atoms with E-state index in [-0.39, 0.29) is 5.54 Å². The standard InChI is InChI=1S/C14H20N2/c1-16-9-12(10-16)11-3-5-13(6-4-11)14(15)7-2-8-14/h3-6,12H,2,7-10,15H2,1H3. The van der Waals surface area contributed by atoms with E-state index in [9.17, 15) is 0 Å². The molecule has 0 spiro atoms. The van der Waals surface area contributed by atoms with Crippen molar-refractivity contribution in [2.24, 2.45) is 5.73 Å². The molecule has 1 aliphatic heterocycles. The highest BCUT2D eigenvalue weighted by atomic mass is 15.2. The minimum Gasteiger partial charge on any atom is -0.321 e. The smallest absolute Gasteiger partial charge is 0.0409 e. The van der Waals surface area contributed by atoms with E-state index in [4.69, 9.17) is 5.73 Å². The number of rotatable bonds is 2. The first kappa shape index (κ1) is 10.3. The fourth-order valence-corrected chi connectivity index (χ4v) is 2.84. The first-order valence-corrected chi connectivity index (χ1v) is 6.25. The second-order valence-corrected chi connectivity index (χ2v) is 5.55. The van der Waals surface area contributed by atoms with Gasteiger partial charge in [-0.25, -0.2) is 0 Å². The first-order valence-electron chi connectivity index (χ1n) is 6.25. The molecule has 0 radical (unpaired) electrons. The molecule has 1 aromatic rings. The Morgan fingerprint density at radius 2 is 1.81 bits per heavy atom. The Morgan fingerprint density at radius 3 is 2.25 bits per heavy atom. The third-order valence-electron chi connectivity index (χ3n) is 4.27. The Bertz CT molecular complexity index is 372. The lowest BCUT2D eigenvalue weighted by atomic mass is 9.72. The van der Waals surface area contributed by atoms with Gasteiger partial charge in [-0.05, 0) is 37.4 Å². The molecule has 2 N–H and O–H groups in total. The SMILES string of the molecule is CN1CC(c2ccc(C3(N)CCC3)cc2)C1. The van der Waals surface area contributed by atoms with Gasteiger partial charge >= 0.3 is 0 Å². The van der Waals surface area contributed by atoms with Crippen LogP contribution in [0.2, 0.25) is 0 Å². The normalized spacial score (nSPS) is 24.9. The number of nitrogens with two attached hydrogens (primary N) is 1. The van der Waals surface area contributed by atoms with Gasteiger partial charge in [-0.2, -0.15) is 0 Å². The summed E-state index contributed by atoms with van der Waals surface area (Å²) in [5, 5.41) is 0. The minimum atomic E-state index is -0.00502. The van der Waals surface area contributed by atoms with Gasteiger partial charge in [-0.15, -0.1) is 0 Å². The Balaban J connectivity index is 1.75. The molecule has 16 heavy (non-hydrogen) atoms. The van der Waals surface area contributed by atoms with Crippen LogP contribution < -0.4 is 5.73 Å². The molecule has 1 saturated heterocycles. The van der Waals surface area contributed by atoms with Crippen LogP contribution in [0.1, 0.15) is 36.3 Å². The summed E-state index contributed by atoms with van der Waals surface area (Å²) in [6, 6.07) is 9.04. The molecule has 3 rings (SSSR count). The highest BCUT2D eigenvalue weighted by Gasteiger charge is 2.34. The van der Waals surface area contributed by atoms with Gasteiger partial charge in [0.1, 0.15) is 0 Å². The van der Waals surface area contributed by atoms with E-state index in [0.717, 1.165) is 18.8 Å². The zero-order valence-corrected chi connectivity index (χ0v) is 9.95. The Labute approximate surface area is 97.4 Å². The summed E-state index contributed by atoms with van der Waals surface area (Å²) in [6.07, 6.45) is 3.59. The lowest BCUT2D eigenvalue weighted by Gasteiger charge is -2.39. The van der Waals surface area contributed by atoms with E-state index in [1.807, 2.05) is 0 Å². The third kappa shape index (κ3) is 1.57. The number of likely N-dealkylation sites (N-methyl/N-ethyl adjacent to an activating group) is 1. The van der Waals surface area contributed by atoms with E-state index in [1.54, 1.807) is 0 Å². The molecule has 1 aliphatic carbocycles. The summed E-state index contributed by atoms with van der Waals surface area (Å²) in [5.41, 5.74) is 9.11. The fourth-order valence-electron chi connectivity index (χ4n) is 2.84. The summed E-state index contributed by atoms with van der Waals surface area (Å²) >= 11 is 0. The van der Waals surface area contributed by atoms with Crippen molar-refractivity contribution >= 4 is 0 Å². The zero-order chi connectivity index (χ0) is 11.2. The summed E-state index contributed by atoms with van der Waals surface area (Å²) in [4.78, 5) is 2.36. The van der Waals surface area contributed by atoms with Gasteiger partial charge in [0.2, 0.25) is 0 Å². The van der Waals surface area contributed by atoms with Crippen molar-refractivity contribution in [3.05, 3.63) is 35.4 Å². The number of hydrogen-bond donors (Lipinski definition) is 1. The minimum absolute atomic E-state index is 0.00502. The summed E-state index contributed by atoms with van der Waals surface area (Å²) in [7, 11) is 2.17. The van der Waals surface area contributed by atoms with Crippen LogP contribution >= 0.6 is 0 Å². The molecule has 0 amide bonds. The average molecular weight is 216 g/mol. The van der Waals surface area contributed by atoms with Gasteiger partial charge in [0.05, 0.1) is 0 Å². The van der Waals surface area contributed by atoms with Crippen LogP contribution in [-0.2, 0) is 5.54 Å². The van der Waals surface area contributed by atoms with E-state index in [2.05, 4.69) is 36.2 Å². The lowest BCUT2D eigenvalue weighted by molar-refractivity contribution is 0.189. The van der Waals surface area contributed by atoms with E-state index in [0.29, 0.717) is 0 Å². The van der Waals surface area contributed by atoms with Crippen molar-refractivity contribution in [1.29, 1.82) is 0 Å². The molecule has 2 heteroatoms. The molecule has 2 aliphatic rings. The second kappa shape index (κ2) is 3.57. The van der Waals surface area contributed by atoms with Gasteiger partial charge in [-0.1, -0.05) is 24.3 Å². The topological polar surface area (TPSA) is 29.3 Å². The summed E-state index contributed by atoms with van der Waals surface area (Å²) < 4.78 is 0. The molecular formula is C14H20N2. The first-order chi connectivity index (χ1) is 7.67. The predicted molar refractivity (Wildman–Crippen MR) is 66.4 cm³/mol. The Kier molecular flexibility index (Phi) is 2.30. The zero-order valence-electron chi connectivity index (χ0n) is 9.95. The molecule has 0 unspecified atom stereocenters. The van der Waals surface area contributed by atoms with Crippen molar-refractivity contribution < 1.29 is 0 Å². The highest BCUT2D eigenvalue weighted by Crippen LogP contribution is 2.39. The molecule has 1 saturated carbocycles. The van der Waals surface area contributed by atoms with E-state index >= 15 is 0 Å². The van der Waals surface area contributed by atoms with Gasteiger partial charge in [0.15, 0.2) is 0 Å². The van der Waals surface area contributed by atoms with Crippen molar-refractivity contribution in [3.8, 4) is 0 Å². The van der Waals surface area contributed by atoms with E-state index in [1.165, 1.54) is 30.6 Å². The van der Waals surface area contributed by atoms with Gasteiger partial charge < -0.3 is 10.6 Å². The summed E-state index contributed by atoms with van der Waals surface area (Å²) in [6.45, 7) is 2.40. The molecule has 2 nitrogen and oxygen atoms in total. The van der Waals surface area contributed by atoms with Crippen molar-refractivity contribution in [2.75, 3.05) is 20.1 Å². The summed E-state index contributed by atoms with van der Waals surface area (Å²) in [5.74, 6) is 0.745. The van der Waals surface area contributed by atoms with Gasteiger partial charge in [0.25, 0.3) is 0 Å². The van der Waals surface area contributed by atoms with Crippen molar-refractivity contribution in [3.63, 3.8) is 0 Å². The molecule has 0 aromatic heterocycles. The predicted octanol–water partition coefficient (Wildman–Crippen LogP) is 2.05. The monoisotopic (exact) mass is 216 g/mol. The average Bonchev–Trinajstić information content (AvgIpc) is 2.22. The van der Waals surface area contributed by atoms with Crippen LogP contribution in [-0.4, -0.2) is 25.0 Å². The maximum atomic E-state index is 6.31. The lowest BCUT2D eigenvalue weighted by Crippen LogP contribution is -2.43. The largest absolute Gasteiger partial charge is 0.321 e. The maximum absolute atomic E-state index is 6.31. The van der Waals surface area contributed by atoms with Crippen molar-refractivity contribution in [1.82, 2.24) is 4.90 Å². The Hall–Kier alpha value is -0.860. The van der Waals surface area contributed by atoms with Crippen LogP contribution in [0.4, 0.5) is 0 Å². The molecule has 0 atom stereocenters. The third-order valence-corrected chi connectivity index (χ3v) is 4.27. The van der Waals surface area contributed by atoms with Gasteiger partial charge in [0, 0.05) is 24.5 Å². The number of likely N-dealkylation sites (tertiary alicyclic amines) is 1. The van der Waals surface area contributed by atoms with Crippen LogP contribution in [0, 0.1) is 0 Å². The molecule has 0 bridgehead atoms. The van der Waals surface area contributed by atoms with Crippen LogP contribution in [0.3, 0.4) is 0 Å². The van der Waals surface area contributed by atoms with Gasteiger partial charge in [-0.3, -0.25) is 0 Å². The van der Waals surface area contributed by atoms with Crippen LogP contribution in [0.5, 0.6) is 0 Å². The molecule has 2 fully saturated rings. The fraction of sp³-hybridized carbons (Fsp3) is 0.571. The molecule has 1 aromatic carbocycles. The van der Waals surface area contributed by atoms with Crippen molar-refractivity contribution in [2.45, 2.75) is 30.7 Å². The second-order valence-electron chi connectivity index (χ2n) is 5.55. The maximum Gasteiger partial charge on any atom is 0.0409 e. The van der Waals surface area contributed by atoms with Crippen LogP contribution in [0.15, 0.2) is 24.3 Å². The number of hydrogen-bond acceptors (Lipinski definition) is 2. The highest BCUT2D eigenvalue weighted by molar-refractivity contribution is 5.32.